The largest absolute Gasteiger partial charge is 0.482 e. The first-order valence-electron chi connectivity index (χ1n) is 6.63. The van der Waals surface area contributed by atoms with Gasteiger partial charge in [-0.2, -0.15) is 8.42 Å². The summed E-state index contributed by atoms with van der Waals surface area (Å²) in [6.45, 7) is 2.01. The van der Waals surface area contributed by atoms with E-state index < -0.39 is 16.1 Å². The van der Waals surface area contributed by atoms with E-state index in [4.69, 9.17) is 9.47 Å². The number of hydrogen-bond acceptors (Lipinski definition) is 6. The lowest BCUT2D eigenvalue weighted by Crippen LogP contribution is -2.15. The molecule has 0 atom stereocenters. The molecule has 0 aliphatic rings. The van der Waals surface area contributed by atoms with Crippen molar-refractivity contribution in [2.75, 3.05) is 26.1 Å². The van der Waals surface area contributed by atoms with Gasteiger partial charge in [0.05, 0.1) is 19.5 Å². The molecule has 6 nitrogen and oxygen atoms in total. The summed E-state index contributed by atoms with van der Waals surface area (Å²) in [5.74, 6) is 0.164. The van der Waals surface area contributed by atoms with Gasteiger partial charge in [0.15, 0.2) is 6.61 Å². The highest BCUT2D eigenvalue weighted by Crippen LogP contribution is 2.19. The van der Waals surface area contributed by atoms with E-state index in [9.17, 15) is 13.2 Å². The Hall–Kier alpha value is -1.60. The third-order valence-electron chi connectivity index (χ3n) is 2.51. The smallest absolute Gasteiger partial charge is 0.344 e. The van der Waals surface area contributed by atoms with Crippen LogP contribution >= 0.6 is 0 Å². The SMILES string of the molecule is CCOC(=O)COc1ccccc1CCCOS(C)(=O)=O. The average Bonchev–Trinajstić information content (AvgIpc) is 2.42. The predicted octanol–water partition coefficient (Wildman–Crippen LogP) is 1.54. The second-order valence-corrected chi connectivity index (χ2v) is 5.98. The summed E-state index contributed by atoms with van der Waals surface area (Å²) in [4.78, 5) is 11.3. The summed E-state index contributed by atoms with van der Waals surface area (Å²) in [5.41, 5.74) is 0.888. The van der Waals surface area contributed by atoms with E-state index in [0.29, 0.717) is 25.2 Å². The van der Waals surface area contributed by atoms with Crippen molar-refractivity contribution in [3.05, 3.63) is 29.8 Å². The first-order valence-corrected chi connectivity index (χ1v) is 8.44. The molecule has 0 saturated carbocycles. The maximum Gasteiger partial charge on any atom is 0.344 e. The molecule has 1 rings (SSSR count). The van der Waals surface area contributed by atoms with Crippen LogP contribution in [0, 0.1) is 0 Å². The Kier molecular flexibility index (Phi) is 7.18. The van der Waals surface area contributed by atoms with Crippen LogP contribution in [0.5, 0.6) is 5.75 Å². The summed E-state index contributed by atoms with van der Waals surface area (Å²) in [5, 5.41) is 0. The fourth-order valence-corrected chi connectivity index (χ4v) is 2.08. The Labute approximate surface area is 125 Å². The zero-order valence-corrected chi connectivity index (χ0v) is 13.0. The van der Waals surface area contributed by atoms with Crippen LogP contribution in [0.2, 0.25) is 0 Å². The molecule has 0 unspecified atom stereocenters. The minimum Gasteiger partial charge on any atom is -0.482 e. The lowest BCUT2D eigenvalue weighted by atomic mass is 10.1. The highest BCUT2D eigenvalue weighted by Gasteiger charge is 2.08. The van der Waals surface area contributed by atoms with Gasteiger partial charge in [0.25, 0.3) is 10.1 Å². The van der Waals surface area contributed by atoms with Gasteiger partial charge in [0.1, 0.15) is 5.75 Å². The van der Waals surface area contributed by atoms with Crippen LogP contribution in [-0.4, -0.2) is 40.5 Å². The second kappa shape index (κ2) is 8.63. The summed E-state index contributed by atoms with van der Waals surface area (Å²) < 4.78 is 36.6. The Bertz CT molecular complexity index is 552. The van der Waals surface area contributed by atoms with Gasteiger partial charge in [-0.15, -0.1) is 0 Å². The Morgan fingerprint density at radius 1 is 1.24 bits per heavy atom. The van der Waals surface area contributed by atoms with Crippen molar-refractivity contribution >= 4 is 16.1 Å². The number of hydrogen-bond donors (Lipinski definition) is 0. The molecule has 0 aromatic heterocycles. The van der Waals surface area contributed by atoms with Crippen molar-refractivity contribution in [3.63, 3.8) is 0 Å². The lowest BCUT2D eigenvalue weighted by Gasteiger charge is -2.10. The molecule has 0 fully saturated rings. The Morgan fingerprint density at radius 2 is 1.95 bits per heavy atom. The number of carbonyl (C=O) groups excluding carboxylic acids is 1. The van der Waals surface area contributed by atoms with Crippen LogP contribution in [0.15, 0.2) is 24.3 Å². The molecule has 0 bridgehead atoms. The molecule has 0 aliphatic carbocycles. The van der Waals surface area contributed by atoms with Crippen LogP contribution in [-0.2, 0) is 30.3 Å². The zero-order valence-electron chi connectivity index (χ0n) is 12.2. The first-order chi connectivity index (χ1) is 9.92. The van der Waals surface area contributed by atoms with Crippen LogP contribution < -0.4 is 4.74 Å². The van der Waals surface area contributed by atoms with E-state index >= 15 is 0 Å². The Balaban J connectivity index is 2.49. The molecule has 1 aromatic carbocycles. The van der Waals surface area contributed by atoms with E-state index in [1.165, 1.54) is 0 Å². The number of carbonyl (C=O) groups is 1. The highest BCUT2D eigenvalue weighted by atomic mass is 32.2. The average molecular weight is 316 g/mol. The van der Waals surface area contributed by atoms with E-state index in [2.05, 4.69) is 4.18 Å². The quantitative estimate of drug-likeness (QED) is 0.390. The summed E-state index contributed by atoms with van der Waals surface area (Å²) in [7, 11) is -3.41. The van der Waals surface area contributed by atoms with Crippen LogP contribution in [0.3, 0.4) is 0 Å². The zero-order chi connectivity index (χ0) is 15.7. The van der Waals surface area contributed by atoms with Gasteiger partial charge in [-0.1, -0.05) is 18.2 Å². The third kappa shape index (κ3) is 7.67. The molecule has 0 N–H and O–H groups in total. The van der Waals surface area contributed by atoms with Gasteiger partial charge < -0.3 is 9.47 Å². The minimum atomic E-state index is -3.41. The van der Waals surface area contributed by atoms with Crippen LogP contribution in [0.1, 0.15) is 18.9 Å². The fourth-order valence-electron chi connectivity index (χ4n) is 1.66. The summed E-state index contributed by atoms with van der Waals surface area (Å²) in [6.07, 6.45) is 2.14. The molecule has 0 heterocycles. The third-order valence-corrected chi connectivity index (χ3v) is 3.11. The number of rotatable bonds is 9. The molecule has 118 valence electrons. The predicted molar refractivity (Wildman–Crippen MR) is 77.7 cm³/mol. The van der Waals surface area contributed by atoms with Crippen molar-refractivity contribution in [1.82, 2.24) is 0 Å². The van der Waals surface area contributed by atoms with Gasteiger partial charge in [-0.05, 0) is 31.4 Å². The standard InChI is InChI=1S/C14H20O6S/c1-3-18-14(15)11-19-13-9-5-4-7-12(13)8-6-10-20-21(2,16)17/h4-5,7,9H,3,6,8,10-11H2,1-2H3. The van der Waals surface area contributed by atoms with Crippen LogP contribution in [0.25, 0.3) is 0 Å². The van der Waals surface area contributed by atoms with Gasteiger partial charge in [0, 0.05) is 0 Å². The lowest BCUT2D eigenvalue weighted by molar-refractivity contribution is -0.145. The normalized spacial score (nSPS) is 11.1. The van der Waals surface area contributed by atoms with E-state index in [0.717, 1.165) is 11.8 Å². The Morgan fingerprint density at radius 3 is 2.62 bits per heavy atom. The number of aryl methyl sites for hydroxylation is 1. The summed E-state index contributed by atoms with van der Waals surface area (Å²) in [6, 6.07) is 7.27. The van der Waals surface area contributed by atoms with Gasteiger partial charge in [-0.25, -0.2) is 4.79 Å². The number of esters is 1. The molecular formula is C14H20O6S. The molecule has 0 amide bonds. The van der Waals surface area contributed by atoms with E-state index in [1.54, 1.807) is 19.1 Å². The topological polar surface area (TPSA) is 78.9 Å². The van der Waals surface area contributed by atoms with Crippen molar-refractivity contribution in [2.45, 2.75) is 19.8 Å². The van der Waals surface area contributed by atoms with Gasteiger partial charge in [0.2, 0.25) is 0 Å². The molecule has 0 aliphatic heterocycles. The molecule has 21 heavy (non-hydrogen) atoms. The van der Waals surface area contributed by atoms with Crippen molar-refractivity contribution in [2.24, 2.45) is 0 Å². The van der Waals surface area contributed by atoms with Crippen LogP contribution in [0.4, 0.5) is 0 Å². The molecule has 7 heteroatoms. The molecular weight excluding hydrogens is 296 g/mol. The van der Waals surface area contributed by atoms with Gasteiger partial charge in [-0.3, -0.25) is 4.18 Å². The van der Waals surface area contributed by atoms with Crippen molar-refractivity contribution in [3.8, 4) is 5.75 Å². The highest BCUT2D eigenvalue weighted by molar-refractivity contribution is 7.85. The van der Waals surface area contributed by atoms with E-state index in [1.807, 2.05) is 12.1 Å². The number of ether oxygens (including phenoxy) is 2. The maximum absolute atomic E-state index is 11.3. The first kappa shape index (κ1) is 17.5. The van der Waals surface area contributed by atoms with Crippen molar-refractivity contribution < 1.29 is 26.9 Å². The maximum atomic E-state index is 11.3. The second-order valence-electron chi connectivity index (χ2n) is 4.33. The molecule has 0 radical (unpaired) electrons. The molecule has 0 spiro atoms. The minimum absolute atomic E-state index is 0.116. The molecule has 0 saturated heterocycles. The number of benzene rings is 1. The van der Waals surface area contributed by atoms with Gasteiger partial charge >= 0.3 is 5.97 Å². The molecule has 1 aromatic rings. The number of para-hydroxylation sites is 1. The fraction of sp³-hybridized carbons (Fsp3) is 0.500. The monoisotopic (exact) mass is 316 g/mol. The van der Waals surface area contributed by atoms with E-state index in [-0.39, 0.29) is 13.2 Å². The summed E-state index contributed by atoms with van der Waals surface area (Å²) >= 11 is 0. The van der Waals surface area contributed by atoms with Crippen molar-refractivity contribution in [1.29, 1.82) is 0 Å².